The lowest BCUT2D eigenvalue weighted by molar-refractivity contribution is 0.0915. The molecule has 0 saturated carbocycles. The van der Waals surface area contributed by atoms with Crippen molar-refractivity contribution in [2.24, 2.45) is 0 Å². The van der Waals surface area contributed by atoms with Crippen LogP contribution in [0.1, 0.15) is 28.9 Å². The average Bonchev–Trinajstić information content (AvgIpc) is 2.88. The molecule has 0 saturated heterocycles. The van der Waals surface area contributed by atoms with Gasteiger partial charge in [-0.05, 0) is 54.1 Å². The summed E-state index contributed by atoms with van der Waals surface area (Å²) in [4.78, 5) is 12.7. The van der Waals surface area contributed by atoms with Gasteiger partial charge in [0.2, 0.25) is 0 Å². The number of sulfonamides is 1. The SMILES string of the molecule is CCS(=O)(=O)c1ccc([C@H](CO)NC(=O)c2ccc(N3COc4ccc(Cl)cc4S3(=O)=O)c(F)c2)cc1. The van der Waals surface area contributed by atoms with E-state index < -0.39 is 51.0 Å². The zero-order valence-electron chi connectivity index (χ0n) is 19.4. The standard InChI is InChI=1S/C24H22ClFN2O7S2/c1-2-36(31,32)18-7-3-15(4-8-18)20(13-29)27-24(30)16-5-9-21(19(26)11-16)28-14-35-22-10-6-17(25)12-23(22)37(28,33)34/h3-12,20,29H,2,13-14H2,1H3,(H,27,30)/t20-/m0/s1. The van der Waals surface area contributed by atoms with E-state index in [4.69, 9.17) is 16.3 Å². The van der Waals surface area contributed by atoms with E-state index in [0.29, 0.717) is 5.56 Å². The number of amides is 1. The van der Waals surface area contributed by atoms with Gasteiger partial charge in [0.05, 0.1) is 29.0 Å². The van der Waals surface area contributed by atoms with Crippen molar-refractivity contribution in [2.45, 2.75) is 22.8 Å². The van der Waals surface area contributed by atoms with Crippen LogP contribution in [0, 0.1) is 5.82 Å². The fraction of sp³-hybridized carbons (Fsp3) is 0.208. The van der Waals surface area contributed by atoms with Crippen LogP contribution in [0.3, 0.4) is 0 Å². The third-order valence-corrected chi connectivity index (χ3v) is 9.54. The minimum atomic E-state index is -4.18. The van der Waals surface area contributed by atoms with Gasteiger partial charge in [0.25, 0.3) is 15.9 Å². The number of nitrogens with one attached hydrogen (secondary N) is 1. The highest BCUT2D eigenvalue weighted by molar-refractivity contribution is 7.93. The minimum Gasteiger partial charge on any atom is -0.471 e. The average molecular weight is 569 g/mol. The molecule has 0 unspecified atom stereocenters. The monoisotopic (exact) mass is 568 g/mol. The maximum Gasteiger partial charge on any atom is 0.270 e. The van der Waals surface area contributed by atoms with Gasteiger partial charge in [-0.2, -0.15) is 0 Å². The number of aliphatic hydroxyl groups excluding tert-OH is 1. The van der Waals surface area contributed by atoms with Crippen LogP contribution in [-0.2, 0) is 19.9 Å². The first-order valence-corrected chi connectivity index (χ1v) is 14.4. The quantitative estimate of drug-likeness (QED) is 0.447. The third kappa shape index (κ3) is 5.28. The number of carbonyl (C=O) groups excluding carboxylic acids is 1. The number of halogens is 2. The molecule has 2 N–H and O–H groups in total. The maximum absolute atomic E-state index is 15.1. The number of rotatable bonds is 7. The molecule has 0 fully saturated rings. The van der Waals surface area contributed by atoms with E-state index in [9.17, 15) is 26.7 Å². The van der Waals surface area contributed by atoms with Crippen LogP contribution >= 0.6 is 11.6 Å². The molecule has 4 rings (SSSR count). The number of hydrogen-bond acceptors (Lipinski definition) is 7. The third-order valence-electron chi connectivity index (χ3n) is 5.80. The maximum atomic E-state index is 15.1. The molecule has 1 amide bonds. The largest absolute Gasteiger partial charge is 0.471 e. The van der Waals surface area contributed by atoms with Crippen molar-refractivity contribution in [3.8, 4) is 5.75 Å². The van der Waals surface area contributed by atoms with Gasteiger partial charge in [-0.1, -0.05) is 30.7 Å². The van der Waals surface area contributed by atoms with Gasteiger partial charge in [-0.15, -0.1) is 0 Å². The zero-order valence-corrected chi connectivity index (χ0v) is 21.8. The van der Waals surface area contributed by atoms with E-state index in [2.05, 4.69) is 5.32 Å². The normalized spacial score (nSPS) is 15.4. The molecule has 1 heterocycles. The van der Waals surface area contributed by atoms with Gasteiger partial charge < -0.3 is 15.2 Å². The van der Waals surface area contributed by atoms with Crippen molar-refractivity contribution in [3.63, 3.8) is 0 Å². The summed E-state index contributed by atoms with van der Waals surface area (Å²) in [6.45, 7) is 0.542. The van der Waals surface area contributed by atoms with E-state index in [1.54, 1.807) is 0 Å². The summed E-state index contributed by atoms with van der Waals surface area (Å²) in [5.74, 6) is -1.70. The predicted molar refractivity (Wildman–Crippen MR) is 134 cm³/mol. The van der Waals surface area contributed by atoms with E-state index in [1.807, 2.05) is 0 Å². The number of carbonyl (C=O) groups is 1. The molecule has 0 aromatic heterocycles. The Morgan fingerprint density at radius 3 is 2.49 bits per heavy atom. The Morgan fingerprint density at radius 2 is 1.86 bits per heavy atom. The Bertz CT molecular complexity index is 1560. The predicted octanol–water partition coefficient (Wildman–Crippen LogP) is 3.28. The first-order valence-electron chi connectivity index (χ1n) is 11.0. The Kier molecular flexibility index (Phi) is 7.47. The molecular formula is C24H22ClFN2O7S2. The summed E-state index contributed by atoms with van der Waals surface area (Å²) >= 11 is 5.91. The molecule has 3 aromatic carbocycles. The number of benzene rings is 3. The zero-order chi connectivity index (χ0) is 27.0. The van der Waals surface area contributed by atoms with E-state index in [-0.39, 0.29) is 37.6 Å². The number of hydrogen-bond donors (Lipinski definition) is 2. The number of nitrogens with zero attached hydrogens (tertiary/aromatic N) is 1. The van der Waals surface area contributed by atoms with Crippen molar-refractivity contribution in [2.75, 3.05) is 23.4 Å². The molecule has 0 bridgehead atoms. The van der Waals surface area contributed by atoms with E-state index in [0.717, 1.165) is 16.4 Å². The second-order valence-corrected chi connectivity index (χ2v) is 12.6. The summed E-state index contributed by atoms with van der Waals surface area (Å²) in [5.41, 5.74) is -0.00543. The molecule has 196 valence electrons. The molecule has 9 nitrogen and oxygen atoms in total. The molecule has 13 heteroatoms. The van der Waals surface area contributed by atoms with E-state index >= 15 is 4.39 Å². The lowest BCUT2D eigenvalue weighted by Crippen LogP contribution is -2.39. The smallest absolute Gasteiger partial charge is 0.270 e. The van der Waals surface area contributed by atoms with Crippen molar-refractivity contribution >= 4 is 43.1 Å². The number of anilines is 1. The van der Waals surface area contributed by atoms with Crippen molar-refractivity contribution in [3.05, 3.63) is 82.6 Å². The molecule has 0 spiro atoms. The summed E-state index contributed by atoms with van der Waals surface area (Å²) in [7, 11) is -7.59. The summed E-state index contributed by atoms with van der Waals surface area (Å²) in [5, 5.41) is 12.5. The van der Waals surface area contributed by atoms with Gasteiger partial charge >= 0.3 is 0 Å². The van der Waals surface area contributed by atoms with Gasteiger partial charge in [0.15, 0.2) is 16.6 Å². The van der Waals surface area contributed by atoms with Crippen LogP contribution < -0.4 is 14.4 Å². The summed E-state index contributed by atoms with van der Waals surface area (Å²) in [6.07, 6.45) is 0. The van der Waals surface area contributed by atoms with Crippen LogP contribution in [0.5, 0.6) is 5.75 Å². The minimum absolute atomic E-state index is 0.0703. The van der Waals surface area contributed by atoms with E-state index in [1.165, 1.54) is 55.5 Å². The Labute approximate surface area is 218 Å². The van der Waals surface area contributed by atoms with Gasteiger partial charge in [0.1, 0.15) is 16.5 Å². The van der Waals surface area contributed by atoms with Crippen LogP contribution in [0.25, 0.3) is 0 Å². The number of aliphatic hydroxyl groups is 1. The molecule has 3 aromatic rings. The van der Waals surface area contributed by atoms with Crippen molar-refractivity contribution in [1.82, 2.24) is 5.32 Å². The van der Waals surface area contributed by atoms with Gasteiger partial charge in [-0.25, -0.2) is 25.5 Å². The lowest BCUT2D eigenvalue weighted by Gasteiger charge is -2.30. The highest BCUT2D eigenvalue weighted by atomic mass is 35.5. The second-order valence-electron chi connectivity index (χ2n) is 8.07. The topological polar surface area (TPSA) is 130 Å². The summed E-state index contributed by atoms with van der Waals surface area (Å²) < 4.78 is 71.3. The molecule has 0 radical (unpaired) electrons. The van der Waals surface area contributed by atoms with Crippen LogP contribution in [0.2, 0.25) is 5.02 Å². The molecular weight excluding hydrogens is 547 g/mol. The van der Waals surface area contributed by atoms with Gasteiger partial charge in [0, 0.05) is 10.6 Å². The highest BCUT2D eigenvalue weighted by Gasteiger charge is 2.35. The van der Waals surface area contributed by atoms with Crippen LogP contribution in [0.4, 0.5) is 10.1 Å². The van der Waals surface area contributed by atoms with Crippen LogP contribution in [0.15, 0.2) is 70.5 Å². The summed E-state index contributed by atoms with van der Waals surface area (Å²) in [6, 6.07) is 12.1. The fourth-order valence-electron chi connectivity index (χ4n) is 3.72. The first kappa shape index (κ1) is 26.9. The lowest BCUT2D eigenvalue weighted by atomic mass is 10.1. The Morgan fingerprint density at radius 1 is 1.16 bits per heavy atom. The Balaban J connectivity index is 1.55. The van der Waals surface area contributed by atoms with Crippen molar-refractivity contribution in [1.29, 1.82) is 0 Å². The molecule has 37 heavy (non-hydrogen) atoms. The number of sulfone groups is 1. The molecule has 1 aliphatic heterocycles. The second kappa shape index (κ2) is 10.3. The van der Waals surface area contributed by atoms with Gasteiger partial charge in [-0.3, -0.25) is 4.79 Å². The molecule has 0 aliphatic carbocycles. The van der Waals surface area contributed by atoms with Crippen molar-refractivity contribution < 1.29 is 35.9 Å². The molecule has 1 aliphatic rings. The fourth-order valence-corrected chi connectivity index (χ4v) is 6.33. The van der Waals surface area contributed by atoms with Crippen LogP contribution in [-0.4, -0.2) is 46.9 Å². The first-order chi connectivity index (χ1) is 17.5. The Hall–Kier alpha value is -3.19. The number of ether oxygens (including phenoxy) is 1. The highest BCUT2D eigenvalue weighted by Crippen LogP contribution is 2.37. The number of fused-ring (bicyclic) bond motifs is 1. The molecule has 1 atom stereocenters.